The normalized spacial score (nSPS) is 15.0. The minimum absolute atomic E-state index is 0.247. The van der Waals surface area contributed by atoms with Crippen LogP contribution in [0.1, 0.15) is 0 Å². The van der Waals surface area contributed by atoms with Crippen LogP contribution in [0.5, 0.6) is 5.75 Å². The molecule has 2 aromatic rings. The highest BCUT2D eigenvalue weighted by molar-refractivity contribution is 5.58. The monoisotopic (exact) mass is 317 g/mol. The molecule has 0 amide bonds. The second-order valence-electron chi connectivity index (χ2n) is 5.56. The van der Waals surface area contributed by atoms with Crippen molar-refractivity contribution in [2.24, 2.45) is 14.1 Å². The number of aryl methyl sites for hydroxylation is 1. The zero-order valence-electron chi connectivity index (χ0n) is 13.1. The molecule has 122 valence electrons. The standard InChI is InChI=1S/C15H19N5O3/c1-17-14(22)13(16-18(2)15(17)23)20-9-7-19(8-10-20)11-5-3-4-6-12(11)21/h3-6,21H,7-10H2,1-2H3. The quantitative estimate of drug-likeness (QED) is 0.805. The van der Waals surface area contributed by atoms with Gasteiger partial charge in [0.25, 0.3) is 5.56 Å². The molecule has 0 radical (unpaired) electrons. The summed E-state index contributed by atoms with van der Waals surface area (Å²) in [5.41, 5.74) is -0.0378. The van der Waals surface area contributed by atoms with Crippen molar-refractivity contribution in [3.63, 3.8) is 0 Å². The molecule has 1 aliphatic rings. The number of nitrogens with zero attached hydrogens (tertiary/aromatic N) is 5. The molecule has 1 aliphatic heterocycles. The average molecular weight is 317 g/mol. The van der Waals surface area contributed by atoms with Crippen molar-refractivity contribution in [3.8, 4) is 5.75 Å². The Labute approximate surface area is 132 Å². The molecule has 1 aromatic heterocycles. The van der Waals surface area contributed by atoms with Gasteiger partial charge < -0.3 is 14.9 Å². The Morgan fingerprint density at radius 3 is 2.26 bits per heavy atom. The van der Waals surface area contributed by atoms with Crippen LogP contribution in [0.15, 0.2) is 33.9 Å². The van der Waals surface area contributed by atoms with Crippen LogP contribution in [0.3, 0.4) is 0 Å². The molecule has 1 saturated heterocycles. The van der Waals surface area contributed by atoms with Crippen molar-refractivity contribution in [1.82, 2.24) is 14.3 Å². The summed E-state index contributed by atoms with van der Waals surface area (Å²) in [5.74, 6) is 0.531. The number of para-hydroxylation sites is 2. The van der Waals surface area contributed by atoms with Crippen LogP contribution in [0.25, 0.3) is 0 Å². The summed E-state index contributed by atoms with van der Waals surface area (Å²) in [6.07, 6.45) is 0. The maximum atomic E-state index is 12.2. The third kappa shape index (κ3) is 2.67. The van der Waals surface area contributed by atoms with Gasteiger partial charge in [-0.1, -0.05) is 12.1 Å². The fraction of sp³-hybridized carbons (Fsp3) is 0.400. The van der Waals surface area contributed by atoms with Crippen LogP contribution in [0.4, 0.5) is 11.5 Å². The van der Waals surface area contributed by atoms with E-state index in [2.05, 4.69) is 10.00 Å². The predicted octanol–water partition coefficient (Wildman–Crippen LogP) is -0.489. The first kappa shape index (κ1) is 15.1. The summed E-state index contributed by atoms with van der Waals surface area (Å²) in [6.45, 7) is 2.50. The van der Waals surface area contributed by atoms with Crippen molar-refractivity contribution < 1.29 is 5.11 Å². The number of phenolic OH excluding ortho intramolecular Hbond substituents is 1. The smallest absolute Gasteiger partial charge is 0.346 e. The lowest BCUT2D eigenvalue weighted by Gasteiger charge is -2.36. The molecule has 1 fully saturated rings. The molecule has 1 aromatic carbocycles. The van der Waals surface area contributed by atoms with E-state index in [1.165, 1.54) is 18.8 Å². The first-order valence-electron chi connectivity index (χ1n) is 7.41. The minimum Gasteiger partial charge on any atom is -0.506 e. The molecular formula is C15H19N5O3. The van der Waals surface area contributed by atoms with Gasteiger partial charge in [-0.25, -0.2) is 9.48 Å². The van der Waals surface area contributed by atoms with Gasteiger partial charge in [0.15, 0.2) is 0 Å². The number of benzene rings is 1. The Balaban J connectivity index is 1.82. The summed E-state index contributed by atoms with van der Waals surface area (Å²) in [4.78, 5) is 27.9. The van der Waals surface area contributed by atoms with E-state index in [0.29, 0.717) is 26.2 Å². The molecule has 8 heteroatoms. The molecular weight excluding hydrogens is 298 g/mol. The average Bonchev–Trinajstić information content (AvgIpc) is 2.57. The second kappa shape index (κ2) is 5.79. The topological polar surface area (TPSA) is 83.6 Å². The van der Waals surface area contributed by atoms with Gasteiger partial charge in [0.2, 0.25) is 5.82 Å². The van der Waals surface area contributed by atoms with Crippen LogP contribution in [0, 0.1) is 0 Å². The number of rotatable bonds is 2. The highest BCUT2D eigenvalue weighted by Crippen LogP contribution is 2.27. The maximum Gasteiger partial charge on any atom is 0.346 e. The fourth-order valence-electron chi connectivity index (χ4n) is 2.77. The molecule has 0 saturated carbocycles. The number of piperazine rings is 1. The van der Waals surface area contributed by atoms with Crippen molar-refractivity contribution in [2.45, 2.75) is 0 Å². The number of anilines is 2. The van der Waals surface area contributed by atoms with Gasteiger partial charge in [-0.3, -0.25) is 9.36 Å². The lowest BCUT2D eigenvalue weighted by atomic mass is 10.2. The van der Waals surface area contributed by atoms with E-state index in [-0.39, 0.29) is 17.1 Å². The number of phenols is 1. The lowest BCUT2D eigenvalue weighted by molar-refractivity contribution is 0.472. The number of hydrogen-bond donors (Lipinski definition) is 1. The van der Waals surface area contributed by atoms with E-state index >= 15 is 0 Å². The molecule has 0 spiro atoms. The summed E-state index contributed by atoms with van der Waals surface area (Å²) in [7, 11) is 2.98. The summed E-state index contributed by atoms with van der Waals surface area (Å²) in [6, 6.07) is 7.19. The third-order valence-electron chi connectivity index (χ3n) is 4.11. The van der Waals surface area contributed by atoms with E-state index in [9.17, 15) is 14.7 Å². The van der Waals surface area contributed by atoms with Gasteiger partial charge in [-0.2, -0.15) is 0 Å². The Morgan fingerprint density at radius 2 is 1.61 bits per heavy atom. The molecule has 1 N–H and O–H groups in total. The van der Waals surface area contributed by atoms with Crippen LogP contribution >= 0.6 is 0 Å². The molecule has 2 heterocycles. The van der Waals surface area contributed by atoms with Crippen LogP contribution in [-0.2, 0) is 14.1 Å². The SMILES string of the molecule is Cn1nc(N2CCN(c3ccccc3O)CC2)c(=O)n(C)c1=O. The van der Waals surface area contributed by atoms with E-state index in [1.54, 1.807) is 12.1 Å². The number of aromatic hydroxyl groups is 1. The van der Waals surface area contributed by atoms with E-state index in [4.69, 9.17) is 0 Å². The molecule has 3 rings (SSSR count). The highest BCUT2D eigenvalue weighted by atomic mass is 16.3. The summed E-state index contributed by atoms with van der Waals surface area (Å²) in [5, 5.41) is 14.0. The van der Waals surface area contributed by atoms with Crippen LogP contribution in [-0.4, -0.2) is 45.6 Å². The first-order chi connectivity index (χ1) is 11.0. The van der Waals surface area contributed by atoms with Crippen molar-refractivity contribution in [1.29, 1.82) is 0 Å². The lowest BCUT2D eigenvalue weighted by Crippen LogP contribution is -2.50. The van der Waals surface area contributed by atoms with E-state index in [1.807, 2.05) is 17.0 Å². The number of hydrogen-bond acceptors (Lipinski definition) is 6. The van der Waals surface area contributed by atoms with Gasteiger partial charge in [-0.05, 0) is 12.1 Å². The Bertz CT molecular complexity index is 834. The fourth-order valence-corrected chi connectivity index (χ4v) is 2.77. The molecule has 0 aliphatic carbocycles. The van der Waals surface area contributed by atoms with Crippen LogP contribution < -0.4 is 21.0 Å². The van der Waals surface area contributed by atoms with Crippen molar-refractivity contribution >= 4 is 11.5 Å². The van der Waals surface area contributed by atoms with Crippen molar-refractivity contribution in [2.75, 3.05) is 36.0 Å². The summed E-state index contributed by atoms with van der Waals surface area (Å²) >= 11 is 0. The molecule has 23 heavy (non-hydrogen) atoms. The zero-order chi connectivity index (χ0) is 16.6. The van der Waals surface area contributed by atoms with Gasteiger partial charge in [-0.15, -0.1) is 5.10 Å². The minimum atomic E-state index is -0.438. The molecule has 0 unspecified atom stereocenters. The Hall–Kier alpha value is -2.77. The van der Waals surface area contributed by atoms with Crippen LogP contribution in [0.2, 0.25) is 0 Å². The summed E-state index contributed by atoms with van der Waals surface area (Å²) < 4.78 is 2.24. The maximum absolute atomic E-state index is 12.2. The van der Waals surface area contributed by atoms with Gasteiger partial charge in [0.05, 0.1) is 5.69 Å². The largest absolute Gasteiger partial charge is 0.506 e. The zero-order valence-corrected chi connectivity index (χ0v) is 13.1. The number of aromatic nitrogens is 3. The van der Waals surface area contributed by atoms with Crippen molar-refractivity contribution in [3.05, 3.63) is 45.1 Å². The first-order valence-corrected chi connectivity index (χ1v) is 7.41. The Kier molecular flexibility index (Phi) is 3.81. The molecule has 0 bridgehead atoms. The predicted molar refractivity (Wildman–Crippen MR) is 87.3 cm³/mol. The molecule has 0 atom stereocenters. The molecule has 8 nitrogen and oxygen atoms in total. The van der Waals surface area contributed by atoms with Gasteiger partial charge in [0.1, 0.15) is 5.75 Å². The highest BCUT2D eigenvalue weighted by Gasteiger charge is 2.23. The van der Waals surface area contributed by atoms with Gasteiger partial charge >= 0.3 is 5.69 Å². The third-order valence-corrected chi connectivity index (χ3v) is 4.11. The van der Waals surface area contributed by atoms with E-state index in [0.717, 1.165) is 10.3 Å². The Morgan fingerprint density at radius 1 is 1.00 bits per heavy atom. The van der Waals surface area contributed by atoms with E-state index < -0.39 is 5.69 Å². The van der Waals surface area contributed by atoms with Gasteiger partial charge in [0, 0.05) is 40.3 Å². The second-order valence-corrected chi connectivity index (χ2v) is 5.56.